The summed E-state index contributed by atoms with van der Waals surface area (Å²) < 4.78 is 1.91. The van der Waals surface area contributed by atoms with E-state index in [1.165, 1.54) is 11.8 Å². The van der Waals surface area contributed by atoms with Gasteiger partial charge in [0.05, 0.1) is 0 Å². The minimum Gasteiger partial charge on any atom is -0.309 e. The number of aromatic nitrogens is 5. The summed E-state index contributed by atoms with van der Waals surface area (Å²) in [5.74, 6) is 0.865. The van der Waals surface area contributed by atoms with Crippen LogP contribution in [0, 0.1) is 20.8 Å². The van der Waals surface area contributed by atoms with E-state index in [4.69, 9.17) is 11.6 Å². The molecule has 7 heteroatoms. The zero-order valence-corrected chi connectivity index (χ0v) is 11.6. The lowest BCUT2D eigenvalue weighted by Gasteiger charge is -2.06. The molecule has 2 aromatic heterocycles. The van der Waals surface area contributed by atoms with Crippen LogP contribution in [0.2, 0.25) is 5.15 Å². The third-order valence-corrected chi connectivity index (χ3v) is 4.14. The Balaban J connectivity index is 2.37. The van der Waals surface area contributed by atoms with Crippen LogP contribution < -0.4 is 0 Å². The fraction of sp³-hybridized carbons (Fsp3) is 0.400. The maximum Gasteiger partial charge on any atom is 0.197 e. The van der Waals surface area contributed by atoms with Gasteiger partial charge in [-0.3, -0.25) is 0 Å². The van der Waals surface area contributed by atoms with Crippen LogP contribution in [-0.4, -0.2) is 25.0 Å². The molecule has 0 aromatic carbocycles. The van der Waals surface area contributed by atoms with E-state index < -0.39 is 0 Å². The van der Waals surface area contributed by atoms with E-state index in [1.807, 2.05) is 32.4 Å². The van der Waals surface area contributed by atoms with Crippen LogP contribution in [0.15, 0.2) is 10.2 Å². The second-order valence-corrected chi connectivity index (χ2v) is 5.05. The van der Waals surface area contributed by atoms with Crippen molar-refractivity contribution in [3.63, 3.8) is 0 Å². The molecule has 2 aromatic rings. The second-order valence-electron chi connectivity index (χ2n) is 3.74. The fourth-order valence-corrected chi connectivity index (χ4v) is 2.31. The molecule has 0 aliphatic heterocycles. The van der Waals surface area contributed by atoms with E-state index in [0.717, 1.165) is 27.1 Å². The van der Waals surface area contributed by atoms with Crippen molar-refractivity contribution in [2.45, 2.75) is 31.0 Å². The Kier molecular flexibility index (Phi) is 3.35. The van der Waals surface area contributed by atoms with Crippen LogP contribution in [0.1, 0.15) is 17.0 Å². The van der Waals surface area contributed by atoms with Crippen molar-refractivity contribution < 1.29 is 0 Å². The molecular formula is C10H12ClN5S. The van der Waals surface area contributed by atoms with Crippen molar-refractivity contribution >= 4 is 23.4 Å². The van der Waals surface area contributed by atoms with E-state index in [-0.39, 0.29) is 0 Å². The molecule has 0 aliphatic carbocycles. The predicted molar refractivity (Wildman–Crippen MR) is 66.4 cm³/mol. The van der Waals surface area contributed by atoms with Crippen molar-refractivity contribution in [3.05, 3.63) is 22.1 Å². The van der Waals surface area contributed by atoms with Gasteiger partial charge in [-0.2, -0.15) is 0 Å². The van der Waals surface area contributed by atoms with E-state index >= 15 is 0 Å². The quantitative estimate of drug-likeness (QED) is 0.838. The van der Waals surface area contributed by atoms with Gasteiger partial charge in [-0.25, -0.2) is 0 Å². The first-order valence-corrected chi connectivity index (χ1v) is 6.23. The second kappa shape index (κ2) is 4.62. The van der Waals surface area contributed by atoms with Crippen LogP contribution >= 0.6 is 23.4 Å². The van der Waals surface area contributed by atoms with Gasteiger partial charge in [0, 0.05) is 7.05 Å². The molecule has 2 heterocycles. The standard InChI is InChI=1S/C10H12ClN5S/c1-5-6(2)9(14-13-8(5)11)17-10-15-12-7(3)16(10)4/h1-4H3. The first-order valence-electron chi connectivity index (χ1n) is 5.04. The monoisotopic (exact) mass is 269 g/mol. The summed E-state index contributed by atoms with van der Waals surface area (Å²) in [4.78, 5) is 0. The summed E-state index contributed by atoms with van der Waals surface area (Å²) >= 11 is 7.35. The molecule has 5 nitrogen and oxygen atoms in total. The van der Waals surface area contributed by atoms with Gasteiger partial charge in [-0.1, -0.05) is 11.6 Å². The molecule has 0 fully saturated rings. The molecule has 0 aliphatic rings. The Labute approximate surface area is 109 Å². The number of nitrogens with zero attached hydrogens (tertiary/aromatic N) is 5. The summed E-state index contributed by atoms with van der Waals surface area (Å²) in [7, 11) is 1.92. The van der Waals surface area contributed by atoms with Gasteiger partial charge in [0.2, 0.25) is 0 Å². The summed E-state index contributed by atoms with van der Waals surface area (Å²) in [5.41, 5.74) is 1.97. The molecule has 0 atom stereocenters. The van der Waals surface area contributed by atoms with E-state index in [1.54, 1.807) is 0 Å². The van der Waals surface area contributed by atoms with Gasteiger partial charge < -0.3 is 4.57 Å². The molecule has 0 saturated heterocycles. The van der Waals surface area contributed by atoms with Gasteiger partial charge in [0.15, 0.2) is 10.3 Å². The molecule has 0 saturated carbocycles. The van der Waals surface area contributed by atoms with E-state index in [0.29, 0.717) is 5.15 Å². The van der Waals surface area contributed by atoms with Crippen molar-refractivity contribution in [3.8, 4) is 0 Å². The van der Waals surface area contributed by atoms with Gasteiger partial charge >= 0.3 is 0 Å². The third-order valence-electron chi connectivity index (χ3n) is 2.66. The zero-order chi connectivity index (χ0) is 12.6. The van der Waals surface area contributed by atoms with Gasteiger partial charge in [0.1, 0.15) is 10.9 Å². The molecule has 0 spiro atoms. The number of rotatable bonds is 2. The molecule has 0 bridgehead atoms. The van der Waals surface area contributed by atoms with Crippen molar-refractivity contribution in [2.75, 3.05) is 0 Å². The SMILES string of the molecule is Cc1c(Cl)nnc(Sc2nnc(C)n2C)c1C. The van der Waals surface area contributed by atoms with E-state index in [9.17, 15) is 0 Å². The molecule has 17 heavy (non-hydrogen) atoms. The lowest BCUT2D eigenvalue weighted by molar-refractivity contribution is 0.762. The van der Waals surface area contributed by atoms with Crippen molar-refractivity contribution in [2.24, 2.45) is 7.05 Å². The van der Waals surface area contributed by atoms with Crippen LogP contribution in [0.5, 0.6) is 0 Å². The predicted octanol–water partition coefficient (Wildman–Crippen LogP) is 2.33. The van der Waals surface area contributed by atoms with Crippen LogP contribution in [-0.2, 0) is 7.05 Å². The topological polar surface area (TPSA) is 56.5 Å². The molecule has 0 radical (unpaired) electrons. The largest absolute Gasteiger partial charge is 0.309 e. The third kappa shape index (κ3) is 2.28. The highest BCUT2D eigenvalue weighted by atomic mass is 35.5. The summed E-state index contributed by atoms with van der Waals surface area (Å²) in [6.45, 7) is 5.81. The summed E-state index contributed by atoms with van der Waals surface area (Å²) in [5, 5.41) is 18.1. The number of halogens is 1. The average molecular weight is 270 g/mol. The van der Waals surface area contributed by atoms with Crippen molar-refractivity contribution in [1.82, 2.24) is 25.0 Å². The Morgan fingerprint density at radius 3 is 2.29 bits per heavy atom. The first-order chi connectivity index (χ1) is 8.00. The van der Waals surface area contributed by atoms with Gasteiger partial charge in [-0.05, 0) is 43.7 Å². The minimum atomic E-state index is 0.445. The van der Waals surface area contributed by atoms with Crippen LogP contribution in [0.25, 0.3) is 0 Å². The van der Waals surface area contributed by atoms with Crippen LogP contribution in [0.3, 0.4) is 0 Å². The Bertz CT molecular complexity index is 566. The summed E-state index contributed by atoms with van der Waals surface area (Å²) in [6.07, 6.45) is 0. The highest BCUT2D eigenvalue weighted by molar-refractivity contribution is 7.99. The highest BCUT2D eigenvalue weighted by Gasteiger charge is 2.13. The lowest BCUT2D eigenvalue weighted by Crippen LogP contribution is -1.98. The molecule has 0 unspecified atom stereocenters. The maximum absolute atomic E-state index is 5.91. The normalized spacial score (nSPS) is 10.9. The number of hydrogen-bond donors (Lipinski definition) is 0. The Morgan fingerprint density at radius 1 is 1.00 bits per heavy atom. The maximum atomic E-state index is 5.91. The van der Waals surface area contributed by atoms with Gasteiger partial charge in [0.25, 0.3) is 0 Å². The fourth-order valence-electron chi connectivity index (χ4n) is 1.21. The number of hydrogen-bond acceptors (Lipinski definition) is 5. The summed E-state index contributed by atoms with van der Waals surface area (Å²) in [6, 6.07) is 0. The average Bonchev–Trinajstić information content (AvgIpc) is 2.62. The first kappa shape index (κ1) is 12.3. The molecule has 0 amide bonds. The lowest BCUT2D eigenvalue weighted by atomic mass is 10.2. The minimum absolute atomic E-state index is 0.445. The van der Waals surface area contributed by atoms with Gasteiger partial charge in [-0.15, -0.1) is 20.4 Å². The van der Waals surface area contributed by atoms with Crippen molar-refractivity contribution in [1.29, 1.82) is 0 Å². The molecular weight excluding hydrogens is 258 g/mol. The smallest absolute Gasteiger partial charge is 0.197 e. The molecule has 90 valence electrons. The van der Waals surface area contributed by atoms with Crippen LogP contribution in [0.4, 0.5) is 0 Å². The highest BCUT2D eigenvalue weighted by Crippen LogP contribution is 2.29. The zero-order valence-electron chi connectivity index (χ0n) is 10.0. The Hall–Kier alpha value is -1.14. The molecule has 0 N–H and O–H groups in total. The molecule has 2 rings (SSSR count). The Morgan fingerprint density at radius 2 is 1.71 bits per heavy atom. The van der Waals surface area contributed by atoms with E-state index in [2.05, 4.69) is 20.4 Å². The number of aryl methyl sites for hydroxylation is 1.